The number of carbonyl (C=O) groups is 2. The molecule has 2 aliphatic rings. The first-order chi connectivity index (χ1) is 10.1. The number of carboxylic acids is 1. The normalized spacial score (nSPS) is 24.6. The van der Waals surface area contributed by atoms with E-state index in [0.29, 0.717) is 6.54 Å². The molecule has 114 valence electrons. The fourth-order valence-electron chi connectivity index (χ4n) is 3.18. The third kappa shape index (κ3) is 3.26. The highest BCUT2D eigenvalue weighted by atomic mass is 32.2. The maximum atomic E-state index is 12.2. The number of carboxylic acid groups (broad SMARTS) is 1. The van der Waals surface area contributed by atoms with Crippen molar-refractivity contribution >= 4 is 35.0 Å². The highest BCUT2D eigenvalue weighted by Gasteiger charge is 2.33. The molecule has 2 atom stereocenters. The molecule has 3 rings (SSSR count). The predicted molar refractivity (Wildman–Crippen MR) is 85.0 cm³/mol. The lowest BCUT2D eigenvalue weighted by Gasteiger charge is -2.15. The van der Waals surface area contributed by atoms with Gasteiger partial charge in [-0.05, 0) is 42.6 Å². The lowest BCUT2D eigenvalue weighted by Crippen LogP contribution is -2.32. The van der Waals surface area contributed by atoms with E-state index in [1.807, 2.05) is 17.8 Å². The lowest BCUT2D eigenvalue weighted by molar-refractivity contribution is -0.142. The summed E-state index contributed by atoms with van der Waals surface area (Å²) in [5.74, 6) is 1.15. The van der Waals surface area contributed by atoms with Crippen molar-refractivity contribution in [2.24, 2.45) is 11.8 Å². The Bertz CT molecular complexity index is 532. The zero-order chi connectivity index (χ0) is 14.8. The summed E-state index contributed by atoms with van der Waals surface area (Å²) in [5, 5.41) is 12.1. The predicted octanol–water partition coefficient (Wildman–Crippen LogP) is 2.77. The molecule has 0 radical (unpaired) electrons. The van der Waals surface area contributed by atoms with Gasteiger partial charge in [-0.2, -0.15) is 11.8 Å². The van der Waals surface area contributed by atoms with Crippen LogP contribution in [0, 0.1) is 11.8 Å². The van der Waals surface area contributed by atoms with Gasteiger partial charge in [-0.1, -0.05) is 6.42 Å². The summed E-state index contributed by atoms with van der Waals surface area (Å²) in [7, 11) is 0. The molecule has 0 saturated heterocycles. The van der Waals surface area contributed by atoms with Gasteiger partial charge >= 0.3 is 5.97 Å². The molecular formula is C15H19NO3S2. The lowest BCUT2D eigenvalue weighted by atomic mass is 9.96. The Kier molecular flexibility index (Phi) is 4.54. The van der Waals surface area contributed by atoms with Crippen molar-refractivity contribution in [1.29, 1.82) is 0 Å². The summed E-state index contributed by atoms with van der Waals surface area (Å²) in [4.78, 5) is 25.5. The van der Waals surface area contributed by atoms with Crippen LogP contribution in [0.5, 0.6) is 0 Å². The van der Waals surface area contributed by atoms with Crippen molar-refractivity contribution in [2.45, 2.75) is 31.4 Å². The van der Waals surface area contributed by atoms with E-state index in [4.69, 9.17) is 5.11 Å². The first-order valence-electron chi connectivity index (χ1n) is 7.35. The quantitative estimate of drug-likeness (QED) is 0.893. The second-order valence-corrected chi connectivity index (χ2v) is 7.95. The Balaban J connectivity index is 1.59. The van der Waals surface area contributed by atoms with Gasteiger partial charge in [0.2, 0.25) is 0 Å². The Morgan fingerprint density at radius 2 is 2.24 bits per heavy atom. The van der Waals surface area contributed by atoms with Crippen molar-refractivity contribution in [3.8, 4) is 0 Å². The van der Waals surface area contributed by atoms with E-state index in [1.165, 1.54) is 10.4 Å². The number of carbonyl (C=O) groups excluding carboxylic acids is 1. The van der Waals surface area contributed by atoms with Crippen LogP contribution >= 0.6 is 23.1 Å². The highest BCUT2D eigenvalue weighted by molar-refractivity contribution is 7.98. The minimum atomic E-state index is -0.727. The average Bonchev–Trinajstić information content (AvgIpc) is 3.10. The number of amides is 1. The number of hydrogen-bond donors (Lipinski definition) is 2. The van der Waals surface area contributed by atoms with Crippen LogP contribution in [0.2, 0.25) is 0 Å². The van der Waals surface area contributed by atoms with Crippen molar-refractivity contribution in [1.82, 2.24) is 5.32 Å². The standard InChI is InChI=1S/C15H19NO3S2/c17-14(13-6-10-8-20-5-4-12(10)21-13)16-7-9-2-1-3-11(9)15(18)19/h6,9,11H,1-5,7-8H2,(H,16,17)(H,18,19). The molecular weight excluding hydrogens is 306 g/mol. The monoisotopic (exact) mass is 325 g/mol. The molecule has 1 saturated carbocycles. The maximum Gasteiger partial charge on any atom is 0.306 e. The SMILES string of the molecule is O=C(NCC1CCCC1C(=O)O)c1cc2c(s1)CCSC2. The molecule has 1 aliphatic carbocycles. The fraction of sp³-hybridized carbons (Fsp3) is 0.600. The van der Waals surface area contributed by atoms with Gasteiger partial charge in [-0.25, -0.2) is 0 Å². The minimum Gasteiger partial charge on any atom is -0.481 e. The van der Waals surface area contributed by atoms with E-state index >= 15 is 0 Å². The van der Waals surface area contributed by atoms with Crippen LogP contribution in [0.15, 0.2) is 6.07 Å². The Labute approximate surface area is 132 Å². The van der Waals surface area contributed by atoms with Crippen LogP contribution in [-0.2, 0) is 17.0 Å². The number of aryl methyl sites for hydroxylation is 1. The molecule has 1 aromatic rings. The van der Waals surface area contributed by atoms with Gasteiger partial charge in [-0.3, -0.25) is 9.59 Å². The van der Waals surface area contributed by atoms with Crippen molar-refractivity contribution in [2.75, 3.05) is 12.3 Å². The third-order valence-electron chi connectivity index (χ3n) is 4.35. The zero-order valence-corrected chi connectivity index (χ0v) is 13.4. The third-order valence-corrected chi connectivity index (χ3v) is 6.60. The Morgan fingerprint density at radius 3 is 3.00 bits per heavy atom. The summed E-state index contributed by atoms with van der Waals surface area (Å²) in [6.45, 7) is 0.479. The summed E-state index contributed by atoms with van der Waals surface area (Å²) in [6, 6.07) is 2.00. The van der Waals surface area contributed by atoms with Crippen LogP contribution in [0.4, 0.5) is 0 Å². The van der Waals surface area contributed by atoms with Crippen LogP contribution in [0.1, 0.15) is 39.4 Å². The second-order valence-electron chi connectivity index (χ2n) is 5.71. The average molecular weight is 325 g/mol. The van der Waals surface area contributed by atoms with Gasteiger partial charge in [0.1, 0.15) is 0 Å². The van der Waals surface area contributed by atoms with Crippen LogP contribution in [-0.4, -0.2) is 29.3 Å². The van der Waals surface area contributed by atoms with Gasteiger partial charge in [0.15, 0.2) is 0 Å². The van der Waals surface area contributed by atoms with Gasteiger partial charge in [0, 0.05) is 17.2 Å². The Morgan fingerprint density at radius 1 is 1.38 bits per heavy atom. The summed E-state index contributed by atoms with van der Waals surface area (Å²) in [5.41, 5.74) is 1.30. The fourth-order valence-corrected chi connectivity index (χ4v) is 5.46. The first-order valence-corrected chi connectivity index (χ1v) is 9.32. The van der Waals surface area contributed by atoms with E-state index < -0.39 is 5.97 Å². The maximum absolute atomic E-state index is 12.2. The molecule has 21 heavy (non-hydrogen) atoms. The first kappa shape index (κ1) is 14.9. The number of rotatable bonds is 4. The van der Waals surface area contributed by atoms with E-state index in [-0.39, 0.29) is 17.7 Å². The molecule has 1 amide bonds. The number of hydrogen-bond acceptors (Lipinski definition) is 4. The van der Waals surface area contributed by atoms with E-state index in [9.17, 15) is 9.59 Å². The van der Waals surface area contributed by atoms with Crippen molar-refractivity contribution in [3.63, 3.8) is 0 Å². The Hall–Kier alpha value is -1.01. The van der Waals surface area contributed by atoms with Gasteiger partial charge in [-0.15, -0.1) is 11.3 Å². The molecule has 0 bridgehead atoms. The topological polar surface area (TPSA) is 66.4 Å². The van der Waals surface area contributed by atoms with Crippen molar-refractivity contribution in [3.05, 3.63) is 21.4 Å². The summed E-state index contributed by atoms with van der Waals surface area (Å²) >= 11 is 3.50. The largest absolute Gasteiger partial charge is 0.481 e. The number of fused-ring (bicyclic) bond motifs is 1. The molecule has 2 heterocycles. The van der Waals surface area contributed by atoms with E-state index in [0.717, 1.165) is 42.1 Å². The van der Waals surface area contributed by atoms with Gasteiger partial charge in [0.05, 0.1) is 10.8 Å². The molecule has 1 aliphatic heterocycles. The minimum absolute atomic E-state index is 0.0459. The second kappa shape index (κ2) is 6.40. The highest BCUT2D eigenvalue weighted by Crippen LogP contribution is 2.33. The molecule has 6 heteroatoms. The molecule has 2 N–H and O–H groups in total. The number of thiophene rings is 1. The zero-order valence-electron chi connectivity index (χ0n) is 11.8. The van der Waals surface area contributed by atoms with Crippen LogP contribution < -0.4 is 5.32 Å². The van der Waals surface area contributed by atoms with Crippen LogP contribution in [0.3, 0.4) is 0 Å². The molecule has 4 nitrogen and oxygen atoms in total. The number of aliphatic carboxylic acids is 1. The van der Waals surface area contributed by atoms with Gasteiger partial charge < -0.3 is 10.4 Å². The summed E-state index contributed by atoms with van der Waals surface area (Å²) in [6.07, 6.45) is 3.64. The number of thioether (sulfide) groups is 1. The van der Waals surface area contributed by atoms with Crippen LogP contribution in [0.25, 0.3) is 0 Å². The number of nitrogens with one attached hydrogen (secondary N) is 1. The molecule has 1 fully saturated rings. The summed E-state index contributed by atoms with van der Waals surface area (Å²) < 4.78 is 0. The molecule has 1 aromatic heterocycles. The molecule has 0 spiro atoms. The van der Waals surface area contributed by atoms with Gasteiger partial charge in [0.25, 0.3) is 5.91 Å². The molecule has 2 unspecified atom stereocenters. The smallest absolute Gasteiger partial charge is 0.306 e. The van der Waals surface area contributed by atoms with E-state index in [2.05, 4.69) is 5.32 Å². The molecule has 0 aromatic carbocycles. The van der Waals surface area contributed by atoms with Crippen molar-refractivity contribution < 1.29 is 14.7 Å². The van der Waals surface area contributed by atoms with E-state index in [1.54, 1.807) is 11.3 Å².